The summed E-state index contributed by atoms with van der Waals surface area (Å²) in [5.41, 5.74) is 2.95. The molecule has 27 heavy (non-hydrogen) atoms. The molecule has 1 aliphatic heterocycles. The Hall–Kier alpha value is -1.66. The largest absolute Gasteiger partial charge is 0.329 e. The maximum Gasteiger partial charge on any atom is 0.254 e. The van der Waals surface area contributed by atoms with Gasteiger partial charge in [-0.25, -0.2) is 8.42 Å². The quantitative estimate of drug-likeness (QED) is 0.767. The lowest BCUT2D eigenvalue weighted by Crippen LogP contribution is -2.40. The second-order valence-electron chi connectivity index (χ2n) is 8.34. The van der Waals surface area contributed by atoms with Crippen LogP contribution in [-0.4, -0.2) is 36.8 Å². The molecule has 1 amide bonds. The van der Waals surface area contributed by atoms with Crippen molar-refractivity contribution in [2.75, 3.05) is 11.5 Å². The van der Waals surface area contributed by atoms with E-state index in [9.17, 15) is 13.2 Å². The van der Waals surface area contributed by atoms with Crippen LogP contribution in [0.5, 0.6) is 0 Å². The van der Waals surface area contributed by atoms with Gasteiger partial charge in [-0.2, -0.15) is 0 Å². The summed E-state index contributed by atoms with van der Waals surface area (Å²) in [4.78, 5) is 16.1. The minimum atomic E-state index is -3.06. The van der Waals surface area contributed by atoms with Gasteiger partial charge in [-0.15, -0.1) is 11.3 Å². The third-order valence-electron chi connectivity index (χ3n) is 5.19. The topological polar surface area (TPSA) is 54.5 Å². The van der Waals surface area contributed by atoms with Gasteiger partial charge in [0.05, 0.1) is 18.1 Å². The van der Waals surface area contributed by atoms with E-state index in [4.69, 9.17) is 0 Å². The van der Waals surface area contributed by atoms with Crippen molar-refractivity contribution in [2.24, 2.45) is 0 Å². The van der Waals surface area contributed by atoms with Crippen LogP contribution in [0, 0.1) is 6.92 Å². The number of carbonyl (C=O) groups excluding carboxylic acids is 1. The van der Waals surface area contributed by atoms with Crippen molar-refractivity contribution in [3.63, 3.8) is 0 Å². The lowest BCUT2D eigenvalue weighted by molar-refractivity contribution is 0.0683. The molecule has 2 heterocycles. The minimum Gasteiger partial charge on any atom is -0.329 e. The Bertz CT molecular complexity index is 921. The number of nitrogens with zero attached hydrogens (tertiary/aromatic N) is 1. The van der Waals surface area contributed by atoms with Gasteiger partial charge in [-0.3, -0.25) is 4.79 Å². The van der Waals surface area contributed by atoms with E-state index in [1.54, 1.807) is 16.2 Å². The molecule has 1 aromatic heterocycles. The van der Waals surface area contributed by atoms with E-state index in [-0.39, 0.29) is 28.9 Å². The number of sulfone groups is 1. The van der Waals surface area contributed by atoms with Crippen LogP contribution in [0.4, 0.5) is 0 Å². The second-order valence-corrected chi connectivity index (χ2v) is 11.6. The highest BCUT2D eigenvalue weighted by Gasteiger charge is 2.35. The molecular weight excluding hydrogens is 378 g/mol. The van der Waals surface area contributed by atoms with E-state index in [1.807, 2.05) is 42.6 Å². The summed E-state index contributed by atoms with van der Waals surface area (Å²) >= 11 is 1.61. The molecule has 146 valence electrons. The zero-order valence-electron chi connectivity index (χ0n) is 16.4. The molecule has 2 aromatic rings. The zero-order chi connectivity index (χ0) is 19.8. The molecule has 0 N–H and O–H groups in total. The number of benzene rings is 1. The van der Waals surface area contributed by atoms with Crippen molar-refractivity contribution in [2.45, 2.75) is 52.1 Å². The summed E-state index contributed by atoms with van der Waals surface area (Å²) in [7, 11) is -3.06. The lowest BCUT2D eigenvalue weighted by atomic mass is 9.86. The number of carbonyl (C=O) groups is 1. The number of amides is 1. The van der Waals surface area contributed by atoms with Crippen LogP contribution in [0.3, 0.4) is 0 Å². The van der Waals surface area contributed by atoms with Crippen LogP contribution in [0.15, 0.2) is 35.7 Å². The third-order valence-corrected chi connectivity index (χ3v) is 7.95. The van der Waals surface area contributed by atoms with Crippen molar-refractivity contribution >= 4 is 27.1 Å². The molecule has 1 aromatic carbocycles. The predicted molar refractivity (Wildman–Crippen MR) is 111 cm³/mol. The highest BCUT2D eigenvalue weighted by molar-refractivity contribution is 7.91. The third kappa shape index (κ3) is 4.61. The number of hydrogen-bond acceptors (Lipinski definition) is 4. The molecule has 4 nitrogen and oxygen atoms in total. The van der Waals surface area contributed by atoms with Gasteiger partial charge in [0.1, 0.15) is 0 Å². The van der Waals surface area contributed by atoms with Crippen molar-refractivity contribution in [3.8, 4) is 0 Å². The summed E-state index contributed by atoms with van der Waals surface area (Å²) < 4.78 is 24.0. The van der Waals surface area contributed by atoms with Crippen molar-refractivity contribution < 1.29 is 13.2 Å². The standard InChI is InChI=1S/C21H27NO3S2/c1-15-9-11-26-19(15)13-22(18-10-12-27(24,25)14-18)20(23)16-5-7-17(8-6-16)21(2,3)4/h5-9,11,18H,10,12-14H2,1-4H3. The van der Waals surface area contributed by atoms with Gasteiger partial charge in [0.25, 0.3) is 5.91 Å². The summed E-state index contributed by atoms with van der Waals surface area (Å²) in [6.45, 7) is 8.90. The molecule has 1 aliphatic rings. The van der Waals surface area contributed by atoms with Crippen LogP contribution in [0.2, 0.25) is 0 Å². The van der Waals surface area contributed by atoms with Crippen LogP contribution in [0.1, 0.15) is 53.6 Å². The number of hydrogen-bond donors (Lipinski definition) is 0. The first kappa shape index (κ1) is 20.1. The monoisotopic (exact) mass is 405 g/mol. The first-order chi connectivity index (χ1) is 12.6. The van der Waals surface area contributed by atoms with Crippen molar-refractivity contribution in [1.82, 2.24) is 4.90 Å². The van der Waals surface area contributed by atoms with Crippen LogP contribution in [-0.2, 0) is 21.8 Å². The number of aryl methyl sites for hydroxylation is 1. The normalized spacial score (nSPS) is 19.2. The van der Waals surface area contributed by atoms with Crippen LogP contribution in [0.25, 0.3) is 0 Å². The molecule has 0 radical (unpaired) electrons. The summed E-state index contributed by atoms with van der Waals surface area (Å²) in [6.07, 6.45) is 0.512. The average molecular weight is 406 g/mol. The molecule has 0 bridgehead atoms. The molecular formula is C21H27NO3S2. The predicted octanol–water partition coefficient (Wildman–Crippen LogP) is 4.18. The molecule has 6 heteroatoms. The molecule has 0 spiro atoms. The highest BCUT2D eigenvalue weighted by Crippen LogP contribution is 2.27. The van der Waals surface area contributed by atoms with Gasteiger partial charge < -0.3 is 4.90 Å². The lowest BCUT2D eigenvalue weighted by Gasteiger charge is -2.28. The first-order valence-electron chi connectivity index (χ1n) is 9.22. The summed E-state index contributed by atoms with van der Waals surface area (Å²) in [5, 5.41) is 2.01. The van der Waals surface area contributed by atoms with Crippen LogP contribution >= 0.6 is 11.3 Å². The Morgan fingerprint density at radius 3 is 2.33 bits per heavy atom. The van der Waals surface area contributed by atoms with E-state index < -0.39 is 9.84 Å². The maximum absolute atomic E-state index is 13.3. The summed E-state index contributed by atoms with van der Waals surface area (Å²) in [5.74, 6) is 0.127. The molecule has 1 saturated heterocycles. The van der Waals surface area contributed by atoms with Crippen LogP contribution < -0.4 is 0 Å². The zero-order valence-corrected chi connectivity index (χ0v) is 18.0. The van der Waals surface area contributed by atoms with E-state index >= 15 is 0 Å². The Morgan fingerprint density at radius 1 is 1.19 bits per heavy atom. The fraction of sp³-hybridized carbons (Fsp3) is 0.476. The van der Waals surface area contributed by atoms with Gasteiger partial charge in [0.15, 0.2) is 9.84 Å². The van der Waals surface area contributed by atoms with E-state index in [0.29, 0.717) is 18.5 Å². The van der Waals surface area contributed by atoms with E-state index in [2.05, 4.69) is 20.8 Å². The molecule has 1 atom stereocenters. The van der Waals surface area contributed by atoms with Gasteiger partial charge in [-0.1, -0.05) is 32.9 Å². The van der Waals surface area contributed by atoms with E-state index in [1.165, 1.54) is 5.56 Å². The Morgan fingerprint density at radius 2 is 1.85 bits per heavy atom. The van der Waals surface area contributed by atoms with Gasteiger partial charge in [-0.05, 0) is 53.5 Å². The molecule has 1 unspecified atom stereocenters. The molecule has 1 fully saturated rings. The highest BCUT2D eigenvalue weighted by atomic mass is 32.2. The number of thiophene rings is 1. The fourth-order valence-corrected chi connectivity index (χ4v) is 6.02. The second kappa shape index (κ2) is 7.40. The van der Waals surface area contributed by atoms with Gasteiger partial charge in [0, 0.05) is 16.5 Å². The van der Waals surface area contributed by atoms with E-state index in [0.717, 1.165) is 10.4 Å². The first-order valence-corrected chi connectivity index (χ1v) is 11.9. The minimum absolute atomic E-state index is 0.0227. The smallest absolute Gasteiger partial charge is 0.254 e. The number of rotatable bonds is 4. The Labute approximate surface area is 166 Å². The molecule has 0 aliphatic carbocycles. The van der Waals surface area contributed by atoms with Gasteiger partial charge >= 0.3 is 0 Å². The fourth-order valence-electron chi connectivity index (χ4n) is 3.39. The average Bonchev–Trinajstić information content (AvgIpc) is 3.16. The Kier molecular flexibility index (Phi) is 5.50. The summed E-state index contributed by atoms with van der Waals surface area (Å²) in [6, 6.07) is 9.49. The Balaban J connectivity index is 1.89. The molecule has 0 saturated carbocycles. The van der Waals surface area contributed by atoms with Crippen molar-refractivity contribution in [1.29, 1.82) is 0 Å². The maximum atomic E-state index is 13.3. The van der Waals surface area contributed by atoms with Crippen molar-refractivity contribution in [3.05, 3.63) is 57.3 Å². The molecule has 3 rings (SSSR count). The van der Waals surface area contributed by atoms with Gasteiger partial charge in [0.2, 0.25) is 0 Å². The SMILES string of the molecule is Cc1ccsc1CN(C(=O)c1ccc(C(C)(C)C)cc1)C1CCS(=O)(=O)C1.